The molecule has 22 heavy (non-hydrogen) atoms. The minimum absolute atomic E-state index is 0.475. The van der Waals surface area contributed by atoms with Crippen LogP contribution in [-0.2, 0) is 6.54 Å². The molecule has 0 aliphatic carbocycles. The molecule has 0 spiro atoms. The minimum atomic E-state index is -0.497. The Bertz CT molecular complexity index is 770. The predicted molar refractivity (Wildman–Crippen MR) is 87.0 cm³/mol. The van der Waals surface area contributed by atoms with E-state index in [2.05, 4.69) is 9.98 Å². The molecule has 7 heteroatoms. The summed E-state index contributed by atoms with van der Waals surface area (Å²) < 4.78 is 5.22. The Morgan fingerprint density at radius 2 is 2.14 bits per heavy atom. The van der Waals surface area contributed by atoms with Crippen molar-refractivity contribution in [1.29, 1.82) is 0 Å². The number of nitrogens with zero attached hydrogens (tertiary/aromatic N) is 3. The van der Waals surface area contributed by atoms with Gasteiger partial charge in [-0.2, -0.15) is 0 Å². The molecule has 0 fully saturated rings. The lowest BCUT2D eigenvalue weighted by Crippen LogP contribution is -2.43. The van der Waals surface area contributed by atoms with Crippen LogP contribution in [0.3, 0.4) is 0 Å². The Labute approximate surface area is 128 Å². The van der Waals surface area contributed by atoms with E-state index in [9.17, 15) is 0 Å². The molecule has 0 amide bonds. The Hall–Kier alpha value is -2.80. The number of aliphatic imine (C=N–C) groups is 1. The lowest BCUT2D eigenvalue weighted by atomic mass is 10.1. The zero-order valence-corrected chi connectivity index (χ0v) is 12.2. The van der Waals surface area contributed by atoms with Crippen LogP contribution in [0.4, 0.5) is 5.69 Å². The van der Waals surface area contributed by atoms with Gasteiger partial charge in [-0.3, -0.25) is 15.7 Å². The Kier molecular flexibility index (Phi) is 3.56. The Morgan fingerprint density at radius 3 is 2.86 bits per heavy atom. The SMILES string of the molecule is COc1ccc2cc(CN3C(N)=CC=NC3N)ncc2c1N. The number of benzene rings is 1. The number of pyridine rings is 1. The van der Waals surface area contributed by atoms with Crippen molar-refractivity contribution in [2.24, 2.45) is 16.5 Å². The quantitative estimate of drug-likeness (QED) is 0.720. The van der Waals surface area contributed by atoms with Crippen LogP contribution in [0.1, 0.15) is 5.69 Å². The fraction of sp³-hybridized carbons (Fsp3) is 0.200. The second-order valence-corrected chi connectivity index (χ2v) is 5.01. The second kappa shape index (κ2) is 5.53. The molecule has 1 aliphatic heterocycles. The summed E-state index contributed by atoms with van der Waals surface area (Å²) in [5, 5.41) is 1.84. The van der Waals surface area contributed by atoms with E-state index in [1.165, 1.54) is 0 Å². The first-order chi connectivity index (χ1) is 10.6. The average Bonchev–Trinajstić information content (AvgIpc) is 2.51. The summed E-state index contributed by atoms with van der Waals surface area (Å²) in [6.07, 6.45) is 4.56. The van der Waals surface area contributed by atoms with Gasteiger partial charge in [0.25, 0.3) is 0 Å². The molecular formula is C15H18N6O. The van der Waals surface area contributed by atoms with Gasteiger partial charge in [0.05, 0.1) is 25.0 Å². The van der Waals surface area contributed by atoms with Gasteiger partial charge in [0.1, 0.15) is 11.6 Å². The van der Waals surface area contributed by atoms with Crippen molar-refractivity contribution in [1.82, 2.24) is 9.88 Å². The normalized spacial score (nSPS) is 17.6. The van der Waals surface area contributed by atoms with Crippen LogP contribution in [0.5, 0.6) is 5.75 Å². The fourth-order valence-corrected chi connectivity index (χ4v) is 2.43. The van der Waals surface area contributed by atoms with Crippen molar-refractivity contribution in [3.05, 3.63) is 42.0 Å². The standard InChI is InChI=1S/C15H18N6O/c1-22-12-3-2-9-6-10(20-7-11(9)14(12)17)8-21-13(16)4-5-19-15(21)18/h2-7,15H,8,16-18H2,1H3. The molecule has 0 saturated heterocycles. The van der Waals surface area contributed by atoms with Crippen LogP contribution in [0.15, 0.2) is 41.3 Å². The molecule has 6 N–H and O–H groups in total. The first-order valence-electron chi connectivity index (χ1n) is 6.82. The summed E-state index contributed by atoms with van der Waals surface area (Å²) in [6, 6.07) is 5.75. The second-order valence-electron chi connectivity index (χ2n) is 5.01. The highest BCUT2D eigenvalue weighted by Gasteiger charge is 2.17. The smallest absolute Gasteiger partial charge is 0.175 e. The third-order valence-electron chi connectivity index (χ3n) is 3.65. The maximum Gasteiger partial charge on any atom is 0.175 e. The van der Waals surface area contributed by atoms with Crippen molar-refractivity contribution in [3.63, 3.8) is 0 Å². The van der Waals surface area contributed by atoms with Gasteiger partial charge in [0.2, 0.25) is 0 Å². The fourth-order valence-electron chi connectivity index (χ4n) is 2.43. The van der Waals surface area contributed by atoms with Crippen LogP contribution in [0.2, 0.25) is 0 Å². The molecule has 2 heterocycles. The van der Waals surface area contributed by atoms with Crippen molar-refractivity contribution in [2.45, 2.75) is 12.8 Å². The highest BCUT2D eigenvalue weighted by atomic mass is 16.5. The van der Waals surface area contributed by atoms with Crippen molar-refractivity contribution in [2.75, 3.05) is 12.8 Å². The van der Waals surface area contributed by atoms with Gasteiger partial charge < -0.3 is 21.1 Å². The number of nitrogen functional groups attached to an aromatic ring is 1. The zero-order chi connectivity index (χ0) is 15.7. The topological polar surface area (TPSA) is 116 Å². The lowest BCUT2D eigenvalue weighted by molar-refractivity contribution is 0.247. The largest absolute Gasteiger partial charge is 0.495 e. The first kappa shape index (κ1) is 14.2. The molecule has 0 saturated carbocycles. The van der Waals surface area contributed by atoms with Gasteiger partial charge in [0.15, 0.2) is 6.29 Å². The summed E-state index contributed by atoms with van der Waals surface area (Å²) in [4.78, 5) is 10.3. The number of methoxy groups -OCH3 is 1. The van der Waals surface area contributed by atoms with Gasteiger partial charge in [-0.25, -0.2) is 0 Å². The summed E-state index contributed by atoms with van der Waals surface area (Å²) in [5.74, 6) is 1.21. The molecule has 1 atom stereocenters. The number of aromatic nitrogens is 1. The van der Waals surface area contributed by atoms with Crippen LogP contribution in [0.25, 0.3) is 10.8 Å². The molecule has 0 radical (unpaired) electrons. The summed E-state index contributed by atoms with van der Waals surface area (Å²) in [5.41, 5.74) is 19.4. The number of nitrogens with two attached hydrogens (primary N) is 3. The van der Waals surface area contributed by atoms with Gasteiger partial charge >= 0.3 is 0 Å². The van der Waals surface area contributed by atoms with Crippen LogP contribution in [0, 0.1) is 0 Å². The van der Waals surface area contributed by atoms with E-state index in [0.29, 0.717) is 23.8 Å². The van der Waals surface area contributed by atoms with Gasteiger partial charge in [-0.05, 0) is 23.6 Å². The van der Waals surface area contributed by atoms with E-state index in [0.717, 1.165) is 16.5 Å². The third-order valence-corrected chi connectivity index (χ3v) is 3.65. The van der Waals surface area contributed by atoms with Crippen LogP contribution < -0.4 is 21.9 Å². The molecular weight excluding hydrogens is 280 g/mol. The van der Waals surface area contributed by atoms with Crippen molar-refractivity contribution < 1.29 is 4.74 Å². The van der Waals surface area contributed by atoms with Crippen LogP contribution >= 0.6 is 0 Å². The molecule has 7 nitrogen and oxygen atoms in total. The number of anilines is 1. The maximum atomic E-state index is 6.06. The highest BCUT2D eigenvalue weighted by molar-refractivity contribution is 5.95. The summed E-state index contributed by atoms with van der Waals surface area (Å²) >= 11 is 0. The molecule has 0 bridgehead atoms. The van der Waals surface area contributed by atoms with Crippen molar-refractivity contribution >= 4 is 22.7 Å². The third kappa shape index (κ3) is 2.42. The van der Waals surface area contributed by atoms with Gasteiger partial charge in [-0.1, -0.05) is 6.07 Å². The molecule has 3 rings (SSSR count). The van der Waals surface area contributed by atoms with Gasteiger partial charge in [-0.15, -0.1) is 0 Å². The van der Waals surface area contributed by atoms with Crippen LogP contribution in [-0.4, -0.2) is 29.5 Å². The molecule has 2 aromatic rings. The van der Waals surface area contributed by atoms with E-state index in [1.54, 1.807) is 30.5 Å². The number of hydrogen-bond donors (Lipinski definition) is 3. The minimum Gasteiger partial charge on any atom is -0.495 e. The number of hydrogen-bond acceptors (Lipinski definition) is 7. The first-order valence-corrected chi connectivity index (χ1v) is 6.82. The maximum absolute atomic E-state index is 6.06. The van der Waals surface area contributed by atoms with E-state index >= 15 is 0 Å². The Morgan fingerprint density at radius 1 is 1.32 bits per heavy atom. The average molecular weight is 298 g/mol. The summed E-state index contributed by atoms with van der Waals surface area (Å²) in [6.45, 7) is 0.475. The molecule has 114 valence electrons. The number of rotatable bonds is 3. The molecule has 1 aliphatic rings. The van der Waals surface area contributed by atoms with E-state index < -0.39 is 6.29 Å². The van der Waals surface area contributed by atoms with E-state index in [4.69, 9.17) is 21.9 Å². The molecule has 1 aromatic heterocycles. The monoisotopic (exact) mass is 298 g/mol. The van der Waals surface area contributed by atoms with E-state index in [-0.39, 0.29) is 0 Å². The predicted octanol–water partition coefficient (Wildman–Crippen LogP) is 0.754. The Balaban J connectivity index is 1.93. The van der Waals surface area contributed by atoms with E-state index in [1.807, 2.05) is 18.2 Å². The number of ether oxygens (including phenoxy) is 1. The number of allylic oxidation sites excluding steroid dienone is 1. The molecule has 1 aromatic carbocycles. The molecule has 1 unspecified atom stereocenters. The van der Waals surface area contributed by atoms with Gasteiger partial charge in [0, 0.05) is 17.8 Å². The van der Waals surface area contributed by atoms with Crippen molar-refractivity contribution in [3.8, 4) is 5.75 Å². The highest BCUT2D eigenvalue weighted by Crippen LogP contribution is 2.30. The zero-order valence-electron chi connectivity index (χ0n) is 12.2. The number of fused-ring (bicyclic) bond motifs is 1. The lowest BCUT2D eigenvalue weighted by Gasteiger charge is -2.29. The summed E-state index contributed by atoms with van der Waals surface area (Å²) in [7, 11) is 1.59.